The van der Waals surface area contributed by atoms with Crippen molar-refractivity contribution >= 4 is 23.2 Å². The third-order valence-corrected chi connectivity index (χ3v) is 4.69. The van der Waals surface area contributed by atoms with Crippen LogP contribution in [0.5, 0.6) is 0 Å². The minimum absolute atomic E-state index is 0.232. The Kier molecular flexibility index (Phi) is 3.93. The summed E-state index contributed by atoms with van der Waals surface area (Å²) in [6.07, 6.45) is -2.95. The summed E-state index contributed by atoms with van der Waals surface area (Å²) in [6, 6.07) is 12.0. The molecule has 0 amide bonds. The van der Waals surface area contributed by atoms with Gasteiger partial charge < -0.3 is 4.90 Å². The van der Waals surface area contributed by atoms with Gasteiger partial charge >= 0.3 is 6.18 Å². The van der Waals surface area contributed by atoms with Gasteiger partial charge in [-0.3, -0.25) is 4.79 Å². The lowest BCUT2D eigenvalue weighted by Gasteiger charge is -2.13. The number of benzene rings is 2. The van der Waals surface area contributed by atoms with Gasteiger partial charge in [-0.1, -0.05) is 36.0 Å². The number of para-hydroxylation sites is 1. The molecular formula is C17H12F3NOS. The van der Waals surface area contributed by atoms with Gasteiger partial charge in [-0.2, -0.15) is 13.2 Å². The minimum atomic E-state index is -4.40. The van der Waals surface area contributed by atoms with Crippen molar-refractivity contribution in [1.29, 1.82) is 0 Å². The quantitative estimate of drug-likeness (QED) is 0.571. The molecule has 0 aliphatic carbocycles. The van der Waals surface area contributed by atoms with Crippen LogP contribution in [0.15, 0.2) is 64.5 Å². The van der Waals surface area contributed by atoms with Crippen molar-refractivity contribution in [3.63, 3.8) is 0 Å². The van der Waals surface area contributed by atoms with E-state index < -0.39 is 11.7 Å². The number of halogens is 3. The highest BCUT2D eigenvalue weighted by Crippen LogP contribution is 2.44. The number of carbonyl (C=O) groups is 1. The molecule has 0 saturated heterocycles. The number of anilines is 1. The second-order valence-corrected chi connectivity index (χ2v) is 6.11. The zero-order valence-corrected chi connectivity index (χ0v) is 12.9. The number of carbonyl (C=O) groups excluding carboxylic acids is 1. The van der Waals surface area contributed by atoms with Crippen LogP contribution in [0.25, 0.3) is 0 Å². The molecule has 3 rings (SSSR count). The van der Waals surface area contributed by atoms with E-state index in [0.717, 1.165) is 27.7 Å². The molecule has 2 aromatic rings. The summed E-state index contributed by atoms with van der Waals surface area (Å²) in [5.41, 5.74) is 0.473. The van der Waals surface area contributed by atoms with Crippen LogP contribution in [0.2, 0.25) is 0 Å². The van der Waals surface area contributed by atoms with Gasteiger partial charge in [0.15, 0.2) is 5.78 Å². The molecule has 2 nitrogen and oxygen atoms in total. The highest BCUT2D eigenvalue weighted by atomic mass is 32.2. The van der Waals surface area contributed by atoms with Gasteiger partial charge in [-0.15, -0.1) is 0 Å². The Bertz CT molecular complexity index is 781. The van der Waals surface area contributed by atoms with Crippen molar-refractivity contribution in [1.82, 2.24) is 0 Å². The largest absolute Gasteiger partial charge is 0.416 e. The number of alkyl halides is 3. The molecule has 1 heterocycles. The molecule has 23 heavy (non-hydrogen) atoms. The Morgan fingerprint density at radius 2 is 1.74 bits per heavy atom. The molecule has 0 bridgehead atoms. The summed E-state index contributed by atoms with van der Waals surface area (Å²) >= 11 is 1.46. The lowest BCUT2D eigenvalue weighted by Crippen LogP contribution is -2.11. The van der Waals surface area contributed by atoms with Crippen LogP contribution in [-0.4, -0.2) is 12.8 Å². The molecule has 0 spiro atoms. The first kappa shape index (κ1) is 15.7. The van der Waals surface area contributed by atoms with Crippen molar-refractivity contribution in [3.05, 3.63) is 70.8 Å². The molecule has 2 aromatic carbocycles. The lowest BCUT2D eigenvalue weighted by atomic mass is 10.1. The van der Waals surface area contributed by atoms with Gasteiger partial charge in [0.05, 0.1) is 16.3 Å². The van der Waals surface area contributed by atoms with Gasteiger partial charge in [-0.25, -0.2) is 0 Å². The SMILES string of the molecule is CN1/C(=C\C(=O)c2ccc(C(F)(F)F)cc2)Sc2ccccc21. The van der Waals surface area contributed by atoms with Crippen molar-refractivity contribution < 1.29 is 18.0 Å². The van der Waals surface area contributed by atoms with Gasteiger partial charge in [0.2, 0.25) is 0 Å². The van der Waals surface area contributed by atoms with Crippen molar-refractivity contribution in [3.8, 4) is 0 Å². The molecule has 0 saturated carbocycles. The van der Waals surface area contributed by atoms with E-state index in [9.17, 15) is 18.0 Å². The van der Waals surface area contributed by atoms with Crippen LogP contribution >= 0.6 is 11.8 Å². The number of fused-ring (bicyclic) bond motifs is 1. The zero-order chi connectivity index (χ0) is 16.6. The summed E-state index contributed by atoms with van der Waals surface area (Å²) < 4.78 is 37.6. The van der Waals surface area contributed by atoms with Gasteiger partial charge in [0.25, 0.3) is 0 Å². The first-order valence-electron chi connectivity index (χ1n) is 6.80. The maximum Gasteiger partial charge on any atom is 0.416 e. The molecule has 0 radical (unpaired) electrons. The highest BCUT2D eigenvalue weighted by molar-refractivity contribution is 8.03. The molecule has 0 N–H and O–H groups in total. The average Bonchev–Trinajstić information content (AvgIpc) is 2.83. The van der Waals surface area contributed by atoms with E-state index in [0.29, 0.717) is 0 Å². The second-order valence-electron chi connectivity index (χ2n) is 5.05. The van der Waals surface area contributed by atoms with Crippen molar-refractivity contribution in [2.45, 2.75) is 11.1 Å². The normalized spacial score (nSPS) is 15.8. The maximum atomic E-state index is 12.5. The molecule has 1 aliphatic rings. The number of nitrogens with zero attached hydrogens (tertiary/aromatic N) is 1. The van der Waals surface area contributed by atoms with Crippen LogP contribution in [0.1, 0.15) is 15.9 Å². The second kappa shape index (κ2) is 5.77. The van der Waals surface area contributed by atoms with Crippen LogP contribution in [0.4, 0.5) is 18.9 Å². The van der Waals surface area contributed by atoms with E-state index >= 15 is 0 Å². The number of hydrogen-bond donors (Lipinski definition) is 0. The standard InChI is InChI=1S/C17H12F3NOS/c1-21-13-4-2-3-5-15(13)23-16(21)10-14(22)11-6-8-12(9-7-11)17(18,19)20/h2-10H,1H3/b16-10+. The number of hydrogen-bond acceptors (Lipinski definition) is 3. The fourth-order valence-electron chi connectivity index (χ4n) is 2.27. The third kappa shape index (κ3) is 3.12. The summed E-state index contributed by atoms with van der Waals surface area (Å²) in [6.45, 7) is 0. The minimum Gasteiger partial charge on any atom is -0.338 e. The summed E-state index contributed by atoms with van der Waals surface area (Å²) in [5.74, 6) is -0.319. The van der Waals surface area contributed by atoms with Crippen molar-refractivity contribution in [2.75, 3.05) is 11.9 Å². The fourth-order valence-corrected chi connectivity index (χ4v) is 3.35. The topological polar surface area (TPSA) is 20.3 Å². The zero-order valence-electron chi connectivity index (χ0n) is 12.1. The van der Waals surface area contributed by atoms with Crippen LogP contribution in [0.3, 0.4) is 0 Å². The number of ketones is 1. The average molecular weight is 335 g/mol. The number of allylic oxidation sites excluding steroid dienone is 1. The molecular weight excluding hydrogens is 323 g/mol. The predicted molar refractivity (Wildman–Crippen MR) is 84.6 cm³/mol. The van der Waals surface area contributed by atoms with Gasteiger partial charge in [0.1, 0.15) is 0 Å². The first-order valence-corrected chi connectivity index (χ1v) is 7.62. The monoisotopic (exact) mass is 335 g/mol. The summed E-state index contributed by atoms with van der Waals surface area (Å²) in [7, 11) is 1.85. The molecule has 0 fully saturated rings. The predicted octanol–water partition coefficient (Wildman–Crippen LogP) is 4.97. The lowest BCUT2D eigenvalue weighted by molar-refractivity contribution is -0.137. The van der Waals surface area contributed by atoms with Crippen LogP contribution in [-0.2, 0) is 6.18 Å². The van der Waals surface area contributed by atoms with E-state index in [1.165, 1.54) is 30.0 Å². The highest BCUT2D eigenvalue weighted by Gasteiger charge is 2.30. The Hall–Kier alpha value is -2.21. The summed E-state index contributed by atoms with van der Waals surface area (Å²) in [5, 5.41) is 0.746. The smallest absolute Gasteiger partial charge is 0.338 e. The van der Waals surface area contributed by atoms with E-state index in [1.807, 2.05) is 36.2 Å². The van der Waals surface area contributed by atoms with E-state index in [4.69, 9.17) is 0 Å². The number of rotatable bonds is 2. The van der Waals surface area contributed by atoms with Crippen molar-refractivity contribution in [2.24, 2.45) is 0 Å². The number of thioether (sulfide) groups is 1. The Labute approximate surface area is 135 Å². The maximum absolute atomic E-state index is 12.5. The molecule has 0 atom stereocenters. The third-order valence-electron chi connectivity index (χ3n) is 3.52. The fraction of sp³-hybridized carbons (Fsp3) is 0.118. The van der Waals surface area contributed by atoms with E-state index in [1.54, 1.807) is 0 Å². The summed E-state index contributed by atoms with van der Waals surface area (Å²) in [4.78, 5) is 15.2. The Balaban J connectivity index is 1.83. The van der Waals surface area contributed by atoms with E-state index in [-0.39, 0.29) is 11.3 Å². The Morgan fingerprint density at radius 1 is 1.09 bits per heavy atom. The van der Waals surface area contributed by atoms with Crippen LogP contribution in [0, 0.1) is 0 Å². The van der Waals surface area contributed by atoms with Gasteiger partial charge in [-0.05, 0) is 24.3 Å². The van der Waals surface area contributed by atoms with Crippen LogP contribution < -0.4 is 4.90 Å². The molecule has 0 aromatic heterocycles. The molecule has 118 valence electrons. The van der Waals surface area contributed by atoms with E-state index in [2.05, 4.69) is 0 Å². The molecule has 6 heteroatoms. The first-order chi connectivity index (χ1) is 10.9. The molecule has 1 aliphatic heterocycles. The van der Waals surface area contributed by atoms with Gasteiger partial charge in [0, 0.05) is 23.6 Å². The molecule has 0 unspecified atom stereocenters. The Morgan fingerprint density at radius 3 is 2.35 bits per heavy atom.